The molecule has 0 radical (unpaired) electrons. The molecule has 0 saturated heterocycles. The summed E-state index contributed by atoms with van der Waals surface area (Å²) in [6.07, 6.45) is 0. The monoisotopic (exact) mass is 678 g/mol. The molecule has 9 aromatic rings. The number of anilines is 3. The zero-order valence-electron chi connectivity index (χ0n) is 30.2. The predicted molar refractivity (Wildman–Crippen MR) is 223 cm³/mol. The van der Waals surface area contributed by atoms with E-state index in [1.165, 1.54) is 75.3 Å². The fraction of sp³-hybridized carbons (Fsp3) is 0.167. The van der Waals surface area contributed by atoms with Crippen molar-refractivity contribution in [2.24, 2.45) is 0 Å². The van der Waals surface area contributed by atoms with Crippen LogP contribution in [0.15, 0.2) is 146 Å². The number of fused-ring (bicyclic) bond motifs is 8. The van der Waals surface area contributed by atoms with Gasteiger partial charge in [-0.25, -0.2) is 0 Å². The molecule has 0 spiro atoms. The molecule has 9 rings (SSSR count). The third kappa shape index (κ3) is 5.14. The first-order valence-corrected chi connectivity index (χ1v) is 18.8. The van der Waals surface area contributed by atoms with Gasteiger partial charge in [-0.3, -0.25) is 0 Å². The molecule has 0 aliphatic heterocycles. The number of rotatable bonds is 4. The molecule has 0 amide bonds. The summed E-state index contributed by atoms with van der Waals surface area (Å²) in [5.74, 6) is 0. The molecule has 0 fully saturated rings. The highest BCUT2D eigenvalue weighted by molar-refractivity contribution is 7.26. The Morgan fingerprint density at radius 1 is 0.471 bits per heavy atom. The highest BCUT2D eigenvalue weighted by atomic mass is 32.1. The van der Waals surface area contributed by atoms with Crippen molar-refractivity contribution in [3.05, 3.63) is 157 Å². The molecule has 0 aliphatic rings. The molecule has 2 heterocycles. The van der Waals surface area contributed by atoms with Crippen molar-refractivity contribution >= 4 is 81.1 Å². The SMILES string of the molecule is CC(C)(C)c1cc(-n2c3ccccc3c3cccc(N(c4ccccc4)c4cc5sc6ccccc6c5c5ccccc45)c32)cc(C(C)(C)C)c1. The maximum Gasteiger partial charge on any atom is 0.0782 e. The number of hydrogen-bond donors (Lipinski definition) is 0. The zero-order chi connectivity index (χ0) is 35.1. The van der Waals surface area contributed by atoms with Gasteiger partial charge >= 0.3 is 0 Å². The van der Waals surface area contributed by atoms with Crippen LogP contribution in [-0.4, -0.2) is 4.57 Å². The maximum absolute atomic E-state index is 2.53. The second-order valence-electron chi connectivity index (χ2n) is 15.9. The molecule has 250 valence electrons. The Bertz CT molecular complexity index is 2740. The Morgan fingerprint density at radius 3 is 1.76 bits per heavy atom. The lowest BCUT2D eigenvalue weighted by Gasteiger charge is -2.29. The first-order valence-electron chi connectivity index (χ1n) is 17.9. The highest BCUT2D eigenvalue weighted by Crippen LogP contribution is 2.49. The number of hydrogen-bond acceptors (Lipinski definition) is 2. The molecule has 2 aromatic heterocycles. The van der Waals surface area contributed by atoms with Crippen molar-refractivity contribution in [2.75, 3.05) is 4.90 Å². The van der Waals surface area contributed by atoms with Crippen LogP contribution < -0.4 is 4.90 Å². The van der Waals surface area contributed by atoms with Crippen LogP contribution in [0.1, 0.15) is 52.7 Å². The van der Waals surface area contributed by atoms with Crippen molar-refractivity contribution < 1.29 is 0 Å². The van der Waals surface area contributed by atoms with E-state index in [4.69, 9.17) is 0 Å². The Labute approximate surface area is 304 Å². The van der Waals surface area contributed by atoms with Crippen molar-refractivity contribution in [1.29, 1.82) is 0 Å². The molecule has 0 bridgehead atoms. The standard InChI is InChI=1S/C48H42N2S/c1-47(2,3)31-27-32(48(4,5)6)29-34(28-31)50-40-24-14-12-20-36(40)38-23-16-25-41(46(38)50)49(33-17-8-7-9-18-33)42-30-44-45(37-21-11-10-19-35(37)42)39-22-13-15-26-43(39)51-44/h7-30H,1-6H3. The molecule has 0 N–H and O–H groups in total. The van der Waals surface area contributed by atoms with Crippen LogP contribution in [0.25, 0.3) is 58.4 Å². The molecule has 0 saturated carbocycles. The normalized spacial score (nSPS) is 12.5. The number of thiophene rings is 1. The molecule has 0 unspecified atom stereocenters. The smallest absolute Gasteiger partial charge is 0.0782 e. The maximum atomic E-state index is 2.53. The van der Waals surface area contributed by atoms with E-state index in [0.29, 0.717) is 0 Å². The molecule has 51 heavy (non-hydrogen) atoms. The van der Waals surface area contributed by atoms with Crippen LogP contribution in [0.4, 0.5) is 17.1 Å². The fourth-order valence-electron chi connectivity index (χ4n) is 7.80. The Morgan fingerprint density at radius 2 is 1.06 bits per heavy atom. The first-order chi connectivity index (χ1) is 24.6. The van der Waals surface area contributed by atoms with Gasteiger partial charge in [0.15, 0.2) is 0 Å². The number of nitrogens with zero attached hydrogens (tertiary/aromatic N) is 2. The van der Waals surface area contributed by atoms with Gasteiger partial charge < -0.3 is 9.47 Å². The Hall–Kier alpha value is -5.38. The predicted octanol–water partition coefficient (Wildman–Crippen LogP) is 14.4. The summed E-state index contributed by atoms with van der Waals surface area (Å²) in [7, 11) is 0. The van der Waals surface area contributed by atoms with Gasteiger partial charge in [0.2, 0.25) is 0 Å². The van der Waals surface area contributed by atoms with Crippen LogP contribution in [0.3, 0.4) is 0 Å². The van der Waals surface area contributed by atoms with Gasteiger partial charge in [0, 0.05) is 47.7 Å². The van der Waals surface area contributed by atoms with Crippen LogP contribution in [0, 0.1) is 0 Å². The van der Waals surface area contributed by atoms with E-state index in [-0.39, 0.29) is 10.8 Å². The van der Waals surface area contributed by atoms with E-state index < -0.39 is 0 Å². The van der Waals surface area contributed by atoms with Gasteiger partial charge in [-0.05, 0) is 75.9 Å². The number of aromatic nitrogens is 1. The largest absolute Gasteiger partial charge is 0.308 e. The Balaban J connectivity index is 1.43. The summed E-state index contributed by atoms with van der Waals surface area (Å²) in [5, 5.41) is 7.68. The van der Waals surface area contributed by atoms with Gasteiger partial charge in [-0.2, -0.15) is 0 Å². The minimum absolute atomic E-state index is 0.00769. The second-order valence-corrected chi connectivity index (χ2v) is 17.0. The van der Waals surface area contributed by atoms with Gasteiger partial charge in [0.1, 0.15) is 0 Å². The number of benzene rings is 7. The summed E-state index contributed by atoms with van der Waals surface area (Å²) < 4.78 is 5.14. The minimum Gasteiger partial charge on any atom is -0.308 e. The lowest BCUT2D eigenvalue weighted by atomic mass is 9.80. The van der Waals surface area contributed by atoms with Crippen molar-refractivity contribution in [1.82, 2.24) is 4.57 Å². The molecule has 0 aliphatic carbocycles. The quantitative estimate of drug-likeness (QED) is 0.180. The van der Waals surface area contributed by atoms with E-state index in [1.807, 2.05) is 11.3 Å². The van der Waals surface area contributed by atoms with Gasteiger partial charge in [-0.15, -0.1) is 11.3 Å². The van der Waals surface area contributed by atoms with E-state index >= 15 is 0 Å². The summed E-state index contributed by atoms with van der Waals surface area (Å²) in [4.78, 5) is 2.50. The third-order valence-corrected chi connectivity index (χ3v) is 11.6. The van der Waals surface area contributed by atoms with Gasteiger partial charge in [0.25, 0.3) is 0 Å². The average Bonchev–Trinajstić information content (AvgIpc) is 3.68. The minimum atomic E-state index is -0.00769. The lowest BCUT2D eigenvalue weighted by Crippen LogP contribution is -2.17. The van der Waals surface area contributed by atoms with E-state index in [9.17, 15) is 0 Å². The van der Waals surface area contributed by atoms with E-state index in [0.717, 1.165) is 11.4 Å². The molecule has 2 nitrogen and oxygen atoms in total. The van der Waals surface area contributed by atoms with Crippen LogP contribution in [-0.2, 0) is 10.8 Å². The lowest BCUT2D eigenvalue weighted by molar-refractivity contribution is 0.568. The Kier molecular flexibility index (Phi) is 7.17. The van der Waals surface area contributed by atoms with Crippen LogP contribution in [0.5, 0.6) is 0 Å². The van der Waals surface area contributed by atoms with Crippen LogP contribution >= 0.6 is 11.3 Å². The summed E-state index contributed by atoms with van der Waals surface area (Å²) in [6.45, 7) is 13.9. The topological polar surface area (TPSA) is 8.17 Å². The molecule has 7 aromatic carbocycles. The van der Waals surface area contributed by atoms with Gasteiger partial charge in [0.05, 0.1) is 22.4 Å². The fourth-order valence-corrected chi connectivity index (χ4v) is 8.95. The van der Waals surface area contributed by atoms with E-state index in [2.05, 4.69) is 197 Å². The second kappa shape index (κ2) is 11.6. The van der Waals surface area contributed by atoms with Crippen molar-refractivity contribution in [2.45, 2.75) is 52.4 Å². The van der Waals surface area contributed by atoms with Gasteiger partial charge in [-0.1, -0.05) is 139 Å². The van der Waals surface area contributed by atoms with Crippen molar-refractivity contribution in [3.8, 4) is 5.69 Å². The molecular weight excluding hydrogens is 637 g/mol. The number of para-hydroxylation sites is 3. The molecular formula is C48H42N2S. The summed E-state index contributed by atoms with van der Waals surface area (Å²) in [5.41, 5.74) is 9.74. The zero-order valence-corrected chi connectivity index (χ0v) is 31.0. The third-order valence-electron chi connectivity index (χ3n) is 10.4. The van der Waals surface area contributed by atoms with Crippen molar-refractivity contribution in [3.63, 3.8) is 0 Å². The van der Waals surface area contributed by atoms with E-state index in [1.54, 1.807) is 0 Å². The summed E-state index contributed by atoms with van der Waals surface area (Å²) >= 11 is 1.88. The molecule has 0 atom stereocenters. The van der Waals surface area contributed by atoms with Crippen LogP contribution in [0.2, 0.25) is 0 Å². The first kappa shape index (κ1) is 31.6. The highest BCUT2D eigenvalue weighted by Gasteiger charge is 2.26. The summed E-state index contributed by atoms with van der Waals surface area (Å²) in [6, 6.07) is 54.1. The molecule has 3 heteroatoms. The average molecular weight is 679 g/mol.